The lowest BCUT2D eigenvalue weighted by Crippen LogP contribution is -2.09. The van der Waals surface area contributed by atoms with E-state index in [4.69, 9.17) is 4.74 Å². The Hall–Kier alpha value is -1.50. The van der Waals surface area contributed by atoms with Gasteiger partial charge in [0.15, 0.2) is 0 Å². The lowest BCUT2D eigenvalue weighted by molar-refractivity contribution is 0.298. The van der Waals surface area contributed by atoms with Crippen LogP contribution in [-0.2, 0) is 0 Å². The molecule has 0 saturated carbocycles. The first kappa shape index (κ1) is 6.96. The topological polar surface area (TPSA) is 9.23 Å². The van der Waals surface area contributed by atoms with Gasteiger partial charge in [-0.1, -0.05) is 30.4 Å². The summed E-state index contributed by atoms with van der Waals surface area (Å²) in [6.07, 6.45) is 8.78. The van der Waals surface area contributed by atoms with Crippen molar-refractivity contribution >= 4 is 0 Å². The number of hydrogen-bond donors (Lipinski definition) is 0. The van der Waals surface area contributed by atoms with Gasteiger partial charge in [-0.15, -0.1) is 0 Å². The van der Waals surface area contributed by atoms with Crippen molar-refractivity contribution in [3.8, 4) is 5.75 Å². The molecule has 64 valence electrons. The van der Waals surface area contributed by atoms with Crippen molar-refractivity contribution in [1.29, 1.82) is 0 Å². The maximum Gasteiger partial charge on any atom is 0.135 e. The molecule has 1 aliphatic carbocycles. The first-order chi connectivity index (χ1) is 6.43. The van der Waals surface area contributed by atoms with Crippen LogP contribution in [0.1, 0.15) is 11.5 Å². The molecule has 0 N–H and O–H groups in total. The van der Waals surface area contributed by atoms with Crippen LogP contribution < -0.4 is 4.74 Å². The van der Waals surface area contributed by atoms with Gasteiger partial charge in [-0.2, -0.15) is 0 Å². The lowest BCUT2D eigenvalue weighted by Gasteiger charge is -2.09. The van der Waals surface area contributed by atoms with E-state index in [-0.39, 0.29) is 6.10 Å². The minimum atomic E-state index is 0.139. The summed E-state index contributed by atoms with van der Waals surface area (Å²) in [7, 11) is 0. The zero-order chi connectivity index (χ0) is 8.67. The van der Waals surface area contributed by atoms with Gasteiger partial charge < -0.3 is 4.74 Å². The van der Waals surface area contributed by atoms with Gasteiger partial charge in [0.05, 0.1) is 0 Å². The molecule has 0 unspecified atom stereocenters. The molecular weight excluding hydrogens is 160 g/mol. The van der Waals surface area contributed by atoms with Gasteiger partial charge in [-0.25, -0.2) is 0 Å². The van der Waals surface area contributed by atoms with Crippen molar-refractivity contribution < 1.29 is 4.74 Å². The molecule has 1 aromatic rings. The van der Waals surface area contributed by atoms with E-state index in [1.54, 1.807) is 0 Å². The second kappa shape index (κ2) is 2.49. The number of benzene rings is 1. The summed E-state index contributed by atoms with van der Waals surface area (Å²) < 4.78 is 5.77. The van der Waals surface area contributed by atoms with E-state index in [9.17, 15) is 0 Å². The maximum absolute atomic E-state index is 5.77. The second-order valence-electron chi connectivity index (χ2n) is 3.42. The highest BCUT2D eigenvalue weighted by molar-refractivity contribution is 5.45. The van der Waals surface area contributed by atoms with E-state index in [0.717, 1.165) is 5.75 Å². The molecule has 2 heterocycles. The average molecular weight is 170 g/mol. The summed E-state index contributed by atoms with van der Waals surface area (Å²) in [6.45, 7) is 0. The van der Waals surface area contributed by atoms with Gasteiger partial charge in [0.25, 0.3) is 0 Å². The normalized spacial score (nSPS) is 28.0. The Kier molecular flexibility index (Phi) is 1.33. The number of para-hydroxylation sites is 1. The molecule has 13 heavy (non-hydrogen) atoms. The van der Waals surface area contributed by atoms with Crippen molar-refractivity contribution in [1.82, 2.24) is 0 Å². The molecule has 0 radical (unpaired) electrons. The van der Waals surface area contributed by atoms with Crippen LogP contribution in [0.25, 0.3) is 0 Å². The van der Waals surface area contributed by atoms with E-state index in [1.807, 2.05) is 12.1 Å². The highest BCUT2D eigenvalue weighted by atomic mass is 16.5. The van der Waals surface area contributed by atoms with E-state index >= 15 is 0 Å². The predicted octanol–water partition coefficient (Wildman–Crippen LogP) is 2.66. The molecule has 0 spiro atoms. The highest BCUT2D eigenvalue weighted by Crippen LogP contribution is 2.35. The summed E-state index contributed by atoms with van der Waals surface area (Å²) in [6, 6.07) is 8.24. The predicted molar refractivity (Wildman–Crippen MR) is 51.9 cm³/mol. The standard InChI is InChI=1S/C12H10O/c1-2-4-12-11(3-1)9-5-7-10(13-12)8-6-9/h1-10H. The van der Waals surface area contributed by atoms with Crippen LogP contribution in [0.5, 0.6) is 5.75 Å². The molecule has 1 heteroatoms. The van der Waals surface area contributed by atoms with Crippen LogP contribution in [-0.4, -0.2) is 6.10 Å². The van der Waals surface area contributed by atoms with Gasteiger partial charge in [-0.3, -0.25) is 0 Å². The Balaban J connectivity index is 2.20. The third kappa shape index (κ3) is 1.00. The largest absolute Gasteiger partial charge is 0.482 e. The Morgan fingerprint density at radius 3 is 2.54 bits per heavy atom. The first-order valence-electron chi connectivity index (χ1n) is 4.56. The molecule has 0 amide bonds. The van der Waals surface area contributed by atoms with Crippen LogP contribution in [0.3, 0.4) is 0 Å². The summed E-state index contributed by atoms with van der Waals surface area (Å²) in [4.78, 5) is 0. The third-order valence-corrected chi connectivity index (χ3v) is 2.56. The van der Waals surface area contributed by atoms with Crippen molar-refractivity contribution in [2.24, 2.45) is 0 Å². The third-order valence-electron chi connectivity index (χ3n) is 2.56. The summed E-state index contributed by atoms with van der Waals surface area (Å²) in [5, 5.41) is 0. The van der Waals surface area contributed by atoms with E-state index in [2.05, 4.69) is 36.4 Å². The zero-order valence-electron chi connectivity index (χ0n) is 7.18. The van der Waals surface area contributed by atoms with Gasteiger partial charge >= 0.3 is 0 Å². The SMILES string of the molecule is C1=CC2C=CC1Oc1ccccc12. The number of allylic oxidation sites excluding steroid dienone is 2. The minimum Gasteiger partial charge on any atom is -0.482 e. The summed E-state index contributed by atoms with van der Waals surface area (Å²) in [5.41, 5.74) is 1.27. The van der Waals surface area contributed by atoms with Gasteiger partial charge in [0.2, 0.25) is 0 Å². The molecule has 4 rings (SSSR count). The average Bonchev–Trinajstić information content (AvgIpc) is 2.46. The van der Waals surface area contributed by atoms with E-state index in [0.29, 0.717) is 5.92 Å². The minimum absolute atomic E-state index is 0.139. The Morgan fingerprint density at radius 1 is 0.923 bits per heavy atom. The molecule has 2 bridgehead atoms. The lowest BCUT2D eigenvalue weighted by atomic mass is 9.95. The van der Waals surface area contributed by atoms with Crippen molar-refractivity contribution in [3.05, 3.63) is 54.1 Å². The monoisotopic (exact) mass is 170 g/mol. The van der Waals surface area contributed by atoms with Gasteiger partial charge in [0, 0.05) is 11.5 Å². The molecule has 1 nitrogen and oxygen atoms in total. The molecule has 0 saturated heterocycles. The maximum atomic E-state index is 5.77. The van der Waals surface area contributed by atoms with Gasteiger partial charge in [0.1, 0.15) is 11.9 Å². The molecular formula is C12H10O. The van der Waals surface area contributed by atoms with Gasteiger partial charge in [-0.05, 0) is 18.2 Å². The number of rotatable bonds is 0. The molecule has 0 fully saturated rings. The molecule has 0 aromatic heterocycles. The highest BCUT2D eigenvalue weighted by Gasteiger charge is 2.20. The molecule has 2 aliphatic heterocycles. The Bertz CT molecular complexity index is 376. The van der Waals surface area contributed by atoms with Crippen molar-refractivity contribution in [3.63, 3.8) is 0 Å². The van der Waals surface area contributed by atoms with Crippen molar-refractivity contribution in [2.75, 3.05) is 0 Å². The molecule has 1 aromatic carbocycles. The fourth-order valence-corrected chi connectivity index (χ4v) is 1.88. The smallest absolute Gasteiger partial charge is 0.135 e. The van der Waals surface area contributed by atoms with Crippen molar-refractivity contribution in [2.45, 2.75) is 12.0 Å². The summed E-state index contributed by atoms with van der Waals surface area (Å²) in [5.74, 6) is 1.43. The van der Waals surface area contributed by atoms with Crippen LogP contribution in [0, 0.1) is 0 Å². The fraction of sp³-hybridized carbons (Fsp3) is 0.167. The Labute approximate surface area is 77.3 Å². The fourth-order valence-electron chi connectivity index (χ4n) is 1.88. The number of hydrogen-bond acceptors (Lipinski definition) is 1. The Morgan fingerprint density at radius 2 is 1.69 bits per heavy atom. The van der Waals surface area contributed by atoms with E-state index in [1.165, 1.54) is 5.56 Å². The zero-order valence-corrected chi connectivity index (χ0v) is 7.18. The first-order valence-corrected chi connectivity index (χ1v) is 4.56. The summed E-state index contributed by atoms with van der Waals surface area (Å²) >= 11 is 0. The quantitative estimate of drug-likeness (QED) is 0.544. The van der Waals surface area contributed by atoms with E-state index < -0.39 is 0 Å². The van der Waals surface area contributed by atoms with Crippen LogP contribution in [0.15, 0.2) is 48.6 Å². The second-order valence-corrected chi connectivity index (χ2v) is 3.42. The molecule has 3 aliphatic rings. The molecule has 0 atom stereocenters. The van der Waals surface area contributed by atoms with Crippen LogP contribution in [0.4, 0.5) is 0 Å². The van der Waals surface area contributed by atoms with Crippen LogP contribution in [0.2, 0.25) is 0 Å². The number of ether oxygens (including phenoxy) is 1. The van der Waals surface area contributed by atoms with Crippen LogP contribution >= 0.6 is 0 Å².